The Labute approximate surface area is 167 Å². The van der Waals surface area contributed by atoms with Crippen molar-refractivity contribution in [2.75, 3.05) is 12.4 Å². The molecule has 10 heteroatoms. The summed E-state index contributed by atoms with van der Waals surface area (Å²) < 4.78 is 10.8. The van der Waals surface area contributed by atoms with Crippen molar-refractivity contribution in [3.63, 3.8) is 0 Å². The lowest BCUT2D eigenvalue weighted by Crippen LogP contribution is -2.30. The number of hydrogen-bond acceptors (Lipinski definition) is 7. The van der Waals surface area contributed by atoms with Crippen LogP contribution in [-0.2, 0) is 9.53 Å². The third-order valence-corrected chi connectivity index (χ3v) is 4.15. The summed E-state index contributed by atoms with van der Waals surface area (Å²) in [6.45, 7) is 1.34. The number of benzene rings is 2. The van der Waals surface area contributed by atoms with E-state index in [1.807, 2.05) is 22.6 Å². The van der Waals surface area contributed by atoms with Gasteiger partial charge in [0.25, 0.3) is 11.6 Å². The molecule has 0 saturated heterocycles. The molecule has 1 unspecified atom stereocenters. The first-order chi connectivity index (χ1) is 12.7. The van der Waals surface area contributed by atoms with Crippen LogP contribution in [0.2, 0.25) is 0 Å². The van der Waals surface area contributed by atoms with Crippen LogP contribution in [0.25, 0.3) is 0 Å². The SMILES string of the molecule is COc1ccc([N+](=O)[O-])cc1NC(=O)C(C)OC(=O)c1cc(I)ccc1O. The fraction of sp³-hybridized carbons (Fsp3) is 0.176. The van der Waals surface area contributed by atoms with Gasteiger partial charge in [0.2, 0.25) is 0 Å². The van der Waals surface area contributed by atoms with E-state index in [9.17, 15) is 24.8 Å². The topological polar surface area (TPSA) is 128 Å². The van der Waals surface area contributed by atoms with Crippen LogP contribution >= 0.6 is 22.6 Å². The number of carbonyl (C=O) groups is 2. The fourth-order valence-corrected chi connectivity index (χ4v) is 2.58. The van der Waals surface area contributed by atoms with Gasteiger partial charge >= 0.3 is 5.97 Å². The molecule has 9 nitrogen and oxygen atoms in total. The lowest BCUT2D eigenvalue weighted by molar-refractivity contribution is -0.384. The first-order valence-electron chi connectivity index (χ1n) is 7.55. The molecule has 0 radical (unpaired) electrons. The number of non-ortho nitro benzene ring substituents is 1. The third kappa shape index (κ3) is 5.06. The molecule has 2 rings (SSSR count). The summed E-state index contributed by atoms with van der Waals surface area (Å²) in [6.07, 6.45) is -1.22. The van der Waals surface area contributed by atoms with E-state index in [1.54, 1.807) is 6.07 Å². The number of anilines is 1. The zero-order valence-corrected chi connectivity index (χ0v) is 16.4. The average molecular weight is 486 g/mol. The van der Waals surface area contributed by atoms with Gasteiger partial charge in [-0.2, -0.15) is 0 Å². The summed E-state index contributed by atoms with van der Waals surface area (Å²) in [4.78, 5) is 34.8. The summed E-state index contributed by atoms with van der Waals surface area (Å²) in [5.74, 6) is -1.65. The van der Waals surface area contributed by atoms with Gasteiger partial charge in [-0.15, -0.1) is 0 Å². The molecule has 0 spiro atoms. The number of hydrogen-bond donors (Lipinski definition) is 2. The van der Waals surface area contributed by atoms with Crippen molar-refractivity contribution in [1.29, 1.82) is 0 Å². The molecule has 0 bridgehead atoms. The van der Waals surface area contributed by atoms with Crippen LogP contribution in [0.15, 0.2) is 36.4 Å². The maximum atomic E-state index is 12.3. The Balaban J connectivity index is 2.14. The maximum Gasteiger partial charge on any atom is 0.342 e. The standard InChI is InChI=1S/C17H15IN2O7/c1-9(27-17(23)12-7-10(18)3-5-14(12)21)16(22)19-13-8-11(20(24)25)4-6-15(13)26-2/h3-9,21H,1-2H3,(H,19,22). The van der Waals surface area contributed by atoms with E-state index in [1.165, 1.54) is 38.3 Å². The number of carbonyl (C=O) groups excluding carboxylic acids is 2. The minimum Gasteiger partial charge on any atom is -0.507 e. The van der Waals surface area contributed by atoms with Crippen molar-refractivity contribution in [2.24, 2.45) is 0 Å². The summed E-state index contributed by atoms with van der Waals surface area (Å²) in [6, 6.07) is 8.09. The second-order valence-corrected chi connectivity index (χ2v) is 6.59. The van der Waals surface area contributed by atoms with E-state index < -0.39 is 22.9 Å². The highest BCUT2D eigenvalue weighted by Crippen LogP contribution is 2.29. The number of nitro groups is 1. The van der Waals surface area contributed by atoms with Crippen LogP contribution in [0.4, 0.5) is 11.4 Å². The molecule has 2 N–H and O–H groups in total. The number of phenols is 1. The molecule has 0 saturated carbocycles. The molecule has 0 aliphatic carbocycles. The molecule has 0 aromatic heterocycles. The Bertz CT molecular complexity index is 901. The zero-order valence-electron chi connectivity index (χ0n) is 14.3. The van der Waals surface area contributed by atoms with Crippen LogP contribution in [0.3, 0.4) is 0 Å². The molecule has 2 aromatic carbocycles. The Hall–Kier alpha value is -2.89. The minimum atomic E-state index is -1.22. The number of ether oxygens (including phenoxy) is 2. The predicted molar refractivity (Wildman–Crippen MR) is 104 cm³/mol. The van der Waals surface area contributed by atoms with Crippen LogP contribution in [-0.4, -0.2) is 35.1 Å². The summed E-state index contributed by atoms with van der Waals surface area (Å²) >= 11 is 1.97. The zero-order chi connectivity index (χ0) is 20.1. The number of rotatable bonds is 6. The van der Waals surface area contributed by atoms with E-state index in [-0.39, 0.29) is 28.4 Å². The number of nitro benzene ring substituents is 1. The van der Waals surface area contributed by atoms with E-state index >= 15 is 0 Å². The van der Waals surface area contributed by atoms with Crippen molar-refractivity contribution in [3.05, 3.63) is 55.6 Å². The lowest BCUT2D eigenvalue weighted by atomic mass is 10.2. The van der Waals surface area contributed by atoms with E-state index in [4.69, 9.17) is 9.47 Å². The molecular weight excluding hydrogens is 471 g/mol. The largest absolute Gasteiger partial charge is 0.507 e. The normalized spacial score (nSPS) is 11.4. The molecular formula is C17H15IN2O7. The van der Waals surface area contributed by atoms with Gasteiger partial charge in [-0.05, 0) is 53.8 Å². The molecule has 27 heavy (non-hydrogen) atoms. The van der Waals surface area contributed by atoms with Gasteiger partial charge in [0.1, 0.15) is 17.1 Å². The van der Waals surface area contributed by atoms with Gasteiger partial charge in [-0.25, -0.2) is 4.79 Å². The van der Waals surface area contributed by atoms with Crippen molar-refractivity contribution in [3.8, 4) is 11.5 Å². The van der Waals surface area contributed by atoms with Crippen molar-refractivity contribution in [2.45, 2.75) is 13.0 Å². The molecule has 1 atom stereocenters. The minimum absolute atomic E-state index is 0.0664. The Morgan fingerprint density at radius 3 is 2.59 bits per heavy atom. The van der Waals surface area contributed by atoms with Gasteiger partial charge in [-0.3, -0.25) is 14.9 Å². The van der Waals surface area contributed by atoms with Gasteiger partial charge < -0.3 is 19.9 Å². The number of nitrogens with zero attached hydrogens (tertiary/aromatic N) is 1. The van der Waals surface area contributed by atoms with E-state index in [0.717, 1.165) is 6.07 Å². The molecule has 142 valence electrons. The number of phenolic OH excluding ortho intramolecular Hbond substituents is 1. The highest BCUT2D eigenvalue weighted by Gasteiger charge is 2.23. The van der Waals surface area contributed by atoms with Crippen LogP contribution in [0.5, 0.6) is 11.5 Å². The third-order valence-electron chi connectivity index (χ3n) is 3.48. The summed E-state index contributed by atoms with van der Waals surface area (Å²) in [5, 5.41) is 23.1. The predicted octanol–water partition coefficient (Wildman–Crippen LogP) is 3.10. The van der Waals surface area contributed by atoms with E-state index in [2.05, 4.69) is 5.32 Å². The highest BCUT2D eigenvalue weighted by molar-refractivity contribution is 14.1. The van der Waals surface area contributed by atoms with Crippen molar-refractivity contribution < 1.29 is 29.1 Å². The van der Waals surface area contributed by atoms with Crippen molar-refractivity contribution in [1.82, 2.24) is 0 Å². The number of aromatic hydroxyl groups is 1. The number of amides is 1. The number of nitrogens with one attached hydrogen (secondary N) is 1. The maximum absolute atomic E-state index is 12.3. The van der Waals surface area contributed by atoms with E-state index in [0.29, 0.717) is 3.57 Å². The number of halogens is 1. The highest BCUT2D eigenvalue weighted by atomic mass is 127. The molecule has 0 fully saturated rings. The summed E-state index contributed by atoms with van der Waals surface area (Å²) in [7, 11) is 1.35. The quantitative estimate of drug-likeness (QED) is 0.278. The second kappa shape index (κ2) is 8.66. The Morgan fingerprint density at radius 2 is 1.96 bits per heavy atom. The molecule has 1 amide bonds. The van der Waals surface area contributed by atoms with Crippen molar-refractivity contribution >= 4 is 45.8 Å². The number of methoxy groups -OCH3 is 1. The van der Waals surface area contributed by atoms with Crippen LogP contribution in [0, 0.1) is 13.7 Å². The first-order valence-corrected chi connectivity index (χ1v) is 8.63. The van der Waals surface area contributed by atoms with Gasteiger partial charge in [0, 0.05) is 15.7 Å². The second-order valence-electron chi connectivity index (χ2n) is 5.34. The fourth-order valence-electron chi connectivity index (χ4n) is 2.09. The van der Waals surface area contributed by atoms with Gasteiger partial charge in [0.05, 0.1) is 17.7 Å². The molecule has 0 heterocycles. The lowest BCUT2D eigenvalue weighted by Gasteiger charge is -2.15. The molecule has 2 aromatic rings. The Morgan fingerprint density at radius 1 is 1.26 bits per heavy atom. The molecule has 0 aliphatic rings. The smallest absolute Gasteiger partial charge is 0.342 e. The Kier molecular flexibility index (Phi) is 6.55. The molecule has 0 aliphatic heterocycles. The van der Waals surface area contributed by atoms with Gasteiger partial charge in [-0.1, -0.05) is 0 Å². The monoisotopic (exact) mass is 486 g/mol. The number of esters is 1. The van der Waals surface area contributed by atoms with Crippen LogP contribution < -0.4 is 10.1 Å². The van der Waals surface area contributed by atoms with Gasteiger partial charge in [0.15, 0.2) is 6.10 Å². The van der Waals surface area contributed by atoms with Crippen LogP contribution in [0.1, 0.15) is 17.3 Å². The average Bonchev–Trinajstić information content (AvgIpc) is 2.63. The summed E-state index contributed by atoms with van der Waals surface area (Å²) in [5.41, 5.74) is -0.245. The first kappa shape index (κ1) is 20.4.